The fourth-order valence-electron chi connectivity index (χ4n) is 2.02. The van der Waals surface area contributed by atoms with Crippen LogP contribution in [0.3, 0.4) is 0 Å². The first-order valence-corrected chi connectivity index (χ1v) is 9.85. The van der Waals surface area contributed by atoms with E-state index >= 15 is 0 Å². The molecule has 1 heterocycles. The quantitative estimate of drug-likeness (QED) is 0.458. The third kappa shape index (κ3) is 6.54. The van der Waals surface area contributed by atoms with Crippen LogP contribution >= 0.6 is 12.2 Å². The number of aromatic nitrogens is 2. The fourth-order valence-corrected chi connectivity index (χ4v) is 3.20. The number of thiocarbonyl (C=S) groups is 1. The molecule has 0 fully saturated rings. The lowest BCUT2D eigenvalue weighted by Gasteiger charge is -2.13. The summed E-state index contributed by atoms with van der Waals surface area (Å²) in [5.41, 5.74) is 0.699. The molecule has 140 valence electrons. The zero-order valence-corrected chi connectivity index (χ0v) is 16.3. The summed E-state index contributed by atoms with van der Waals surface area (Å²) in [6, 6.07) is 7.88. The molecule has 0 saturated carbocycles. The van der Waals surface area contributed by atoms with Gasteiger partial charge in [-0.2, -0.15) is 0 Å². The first-order valence-electron chi connectivity index (χ1n) is 7.96. The Morgan fingerprint density at radius 3 is 2.42 bits per heavy atom. The maximum atomic E-state index is 12.3. The normalized spacial score (nSPS) is 11.2. The largest absolute Gasteiger partial charge is 0.362 e. The van der Waals surface area contributed by atoms with Crippen LogP contribution in [0.4, 0.5) is 11.6 Å². The number of anilines is 2. The zero-order chi connectivity index (χ0) is 19.0. The average Bonchev–Trinajstić information content (AvgIpc) is 2.59. The SMILES string of the molecule is CN(C)CCCNC(=S)Nc1ccc(S(=O)(=O)Nc2ncccn2)cc1. The van der Waals surface area contributed by atoms with Crippen molar-refractivity contribution in [2.75, 3.05) is 37.2 Å². The molecule has 3 N–H and O–H groups in total. The third-order valence-electron chi connectivity index (χ3n) is 3.28. The molecular weight excluding hydrogens is 372 g/mol. The van der Waals surface area contributed by atoms with Crippen LogP contribution in [0.2, 0.25) is 0 Å². The lowest BCUT2D eigenvalue weighted by Crippen LogP contribution is -2.30. The second kappa shape index (κ2) is 9.41. The van der Waals surface area contributed by atoms with Gasteiger partial charge in [0.05, 0.1) is 4.90 Å². The van der Waals surface area contributed by atoms with Gasteiger partial charge in [-0.15, -0.1) is 0 Å². The van der Waals surface area contributed by atoms with Crippen molar-refractivity contribution in [3.05, 3.63) is 42.7 Å². The number of sulfonamides is 1. The summed E-state index contributed by atoms with van der Waals surface area (Å²) < 4.78 is 26.9. The lowest BCUT2D eigenvalue weighted by molar-refractivity contribution is 0.400. The molecule has 1 aromatic heterocycles. The predicted molar refractivity (Wildman–Crippen MR) is 107 cm³/mol. The first-order chi connectivity index (χ1) is 12.4. The van der Waals surface area contributed by atoms with Crippen molar-refractivity contribution in [3.8, 4) is 0 Å². The number of benzene rings is 1. The van der Waals surface area contributed by atoms with Crippen molar-refractivity contribution in [2.24, 2.45) is 0 Å². The van der Waals surface area contributed by atoms with E-state index in [4.69, 9.17) is 12.2 Å². The minimum absolute atomic E-state index is 0.0257. The number of nitrogens with one attached hydrogen (secondary N) is 3. The highest BCUT2D eigenvalue weighted by Gasteiger charge is 2.15. The minimum Gasteiger partial charge on any atom is -0.362 e. The van der Waals surface area contributed by atoms with Crippen molar-refractivity contribution in [1.29, 1.82) is 0 Å². The number of hydrogen-bond acceptors (Lipinski definition) is 6. The molecule has 0 radical (unpaired) electrons. The standard InChI is InChI=1S/C16H22N6O2S2/c1-22(2)12-4-11-19-16(25)20-13-5-7-14(8-6-13)26(23,24)21-15-17-9-3-10-18-15/h3,5-10H,4,11-12H2,1-2H3,(H,17,18,21)(H2,19,20,25). The Balaban J connectivity index is 1.90. The van der Waals surface area contributed by atoms with E-state index in [0.29, 0.717) is 10.8 Å². The Bertz CT molecular complexity index is 810. The molecule has 8 nitrogen and oxygen atoms in total. The maximum Gasteiger partial charge on any atom is 0.264 e. The topological polar surface area (TPSA) is 99.2 Å². The van der Waals surface area contributed by atoms with E-state index in [1.807, 2.05) is 14.1 Å². The Morgan fingerprint density at radius 1 is 1.15 bits per heavy atom. The molecule has 1 aromatic carbocycles. The van der Waals surface area contributed by atoms with Crippen molar-refractivity contribution >= 4 is 39.0 Å². The summed E-state index contributed by atoms with van der Waals surface area (Å²) in [4.78, 5) is 9.92. The molecule has 10 heteroatoms. The highest BCUT2D eigenvalue weighted by molar-refractivity contribution is 7.92. The van der Waals surface area contributed by atoms with Gasteiger partial charge in [0.2, 0.25) is 5.95 Å². The van der Waals surface area contributed by atoms with Crippen molar-refractivity contribution in [1.82, 2.24) is 20.2 Å². The van der Waals surface area contributed by atoms with E-state index in [1.54, 1.807) is 18.2 Å². The maximum absolute atomic E-state index is 12.3. The molecule has 2 aromatic rings. The van der Waals surface area contributed by atoms with Crippen LogP contribution in [0.1, 0.15) is 6.42 Å². The fraction of sp³-hybridized carbons (Fsp3) is 0.312. The van der Waals surface area contributed by atoms with Crippen LogP contribution in [-0.2, 0) is 10.0 Å². The minimum atomic E-state index is -3.74. The third-order valence-corrected chi connectivity index (χ3v) is 4.87. The van der Waals surface area contributed by atoms with E-state index in [-0.39, 0.29) is 10.8 Å². The summed E-state index contributed by atoms with van der Waals surface area (Å²) in [6.45, 7) is 1.73. The van der Waals surface area contributed by atoms with E-state index < -0.39 is 10.0 Å². The van der Waals surface area contributed by atoms with Gasteiger partial charge in [0, 0.05) is 24.6 Å². The van der Waals surface area contributed by atoms with E-state index in [9.17, 15) is 8.42 Å². The Labute approximate surface area is 159 Å². The molecule has 0 unspecified atom stereocenters. The van der Waals surface area contributed by atoms with Gasteiger partial charge in [0.15, 0.2) is 5.11 Å². The van der Waals surface area contributed by atoms with Gasteiger partial charge in [0.1, 0.15) is 0 Å². The Morgan fingerprint density at radius 2 is 1.81 bits per heavy atom. The van der Waals surface area contributed by atoms with E-state index in [1.165, 1.54) is 24.5 Å². The lowest BCUT2D eigenvalue weighted by atomic mass is 10.3. The van der Waals surface area contributed by atoms with Crippen molar-refractivity contribution in [3.63, 3.8) is 0 Å². The number of nitrogens with zero attached hydrogens (tertiary/aromatic N) is 3. The smallest absolute Gasteiger partial charge is 0.264 e. The van der Waals surface area contributed by atoms with Crippen molar-refractivity contribution in [2.45, 2.75) is 11.3 Å². The van der Waals surface area contributed by atoms with Gasteiger partial charge in [0.25, 0.3) is 10.0 Å². The van der Waals surface area contributed by atoms with Crippen LogP contribution in [0.5, 0.6) is 0 Å². The first kappa shape index (κ1) is 20.0. The summed E-state index contributed by atoms with van der Waals surface area (Å²) in [7, 11) is 0.297. The van der Waals surface area contributed by atoms with Crippen molar-refractivity contribution < 1.29 is 8.42 Å². The van der Waals surface area contributed by atoms with Crippen LogP contribution < -0.4 is 15.4 Å². The molecule has 26 heavy (non-hydrogen) atoms. The van der Waals surface area contributed by atoms with E-state index in [0.717, 1.165) is 19.5 Å². The second-order valence-corrected chi connectivity index (χ2v) is 7.83. The molecule has 2 rings (SSSR count). The number of rotatable bonds is 8. The summed E-state index contributed by atoms with van der Waals surface area (Å²) in [5, 5.41) is 6.63. The molecule has 0 amide bonds. The molecule has 0 aliphatic rings. The summed E-state index contributed by atoms with van der Waals surface area (Å²) in [6.07, 6.45) is 3.90. The van der Waals surface area contributed by atoms with Gasteiger partial charge in [-0.3, -0.25) is 0 Å². The zero-order valence-electron chi connectivity index (χ0n) is 14.6. The summed E-state index contributed by atoms with van der Waals surface area (Å²) in [5.74, 6) is 0.0257. The Kier molecular flexibility index (Phi) is 7.25. The molecular formula is C16H22N6O2S2. The molecule has 0 aliphatic heterocycles. The van der Waals surface area contributed by atoms with Gasteiger partial charge in [-0.05, 0) is 69.6 Å². The Hall–Kier alpha value is -2.30. The van der Waals surface area contributed by atoms with Gasteiger partial charge in [-0.25, -0.2) is 23.1 Å². The molecule has 0 aliphatic carbocycles. The van der Waals surface area contributed by atoms with E-state index in [2.05, 4.69) is 30.2 Å². The molecule has 0 saturated heterocycles. The number of hydrogen-bond donors (Lipinski definition) is 3. The van der Waals surface area contributed by atoms with Crippen LogP contribution in [0.25, 0.3) is 0 Å². The van der Waals surface area contributed by atoms with Gasteiger partial charge >= 0.3 is 0 Å². The monoisotopic (exact) mass is 394 g/mol. The predicted octanol–water partition coefficient (Wildman–Crippen LogP) is 1.52. The second-order valence-electron chi connectivity index (χ2n) is 5.74. The molecule has 0 spiro atoms. The molecule has 0 atom stereocenters. The van der Waals surface area contributed by atoms with Crippen LogP contribution in [-0.4, -0.2) is 55.6 Å². The molecule has 0 bridgehead atoms. The van der Waals surface area contributed by atoms with Gasteiger partial charge < -0.3 is 15.5 Å². The summed E-state index contributed by atoms with van der Waals surface area (Å²) >= 11 is 5.23. The highest BCUT2D eigenvalue weighted by Crippen LogP contribution is 2.16. The van der Waals surface area contributed by atoms with Gasteiger partial charge in [-0.1, -0.05) is 0 Å². The van der Waals surface area contributed by atoms with Crippen LogP contribution in [0.15, 0.2) is 47.6 Å². The highest BCUT2D eigenvalue weighted by atomic mass is 32.2. The average molecular weight is 395 g/mol. The van der Waals surface area contributed by atoms with Crippen LogP contribution in [0, 0.1) is 0 Å².